The van der Waals surface area contributed by atoms with Gasteiger partial charge in [-0.2, -0.15) is 25.3 Å². The van der Waals surface area contributed by atoms with Crippen LogP contribution in [-0.2, 0) is 14.3 Å². The molecular formula is C38H86O5S2Sn2. The summed E-state index contributed by atoms with van der Waals surface area (Å²) in [6, 6.07) is 0. The summed E-state index contributed by atoms with van der Waals surface area (Å²) < 4.78 is 5.00. The third-order valence-electron chi connectivity index (χ3n) is 5.91. The molecule has 0 aliphatic rings. The molecule has 0 bridgehead atoms. The Hall–Kier alpha value is 1.20. The van der Waals surface area contributed by atoms with E-state index in [2.05, 4.69) is 94.5 Å². The SMILES string of the molecule is CCCC.CCCC.CCCC.CCCC.CCCCCCCCO.CCCCCCCCOC(=O)CCS.O=C(O)CCS.[Sn].[Sn]. The quantitative estimate of drug-likeness (QED) is 0.0399. The Labute approximate surface area is 342 Å². The van der Waals surface area contributed by atoms with Crippen LogP contribution in [0.5, 0.6) is 0 Å². The van der Waals surface area contributed by atoms with E-state index in [1.807, 2.05) is 0 Å². The molecule has 0 rings (SSSR count). The zero-order chi connectivity index (χ0) is 36.2. The molecule has 9 heteroatoms. The Morgan fingerprint density at radius 3 is 1.00 bits per heavy atom. The summed E-state index contributed by atoms with van der Waals surface area (Å²) in [6.45, 7) is 22.8. The fourth-order valence-corrected chi connectivity index (χ4v) is 2.59. The molecule has 0 aromatic rings. The zero-order valence-electron chi connectivity index (χ0n) is 33.4. The molecule has 8 radical (unpaired) electrons. The van der Waals surface area contributed by atoms with E-state index in [9.17, 15) is 9.59 Å². The van der Waals surface area contributed by atoms with Crippen molar-refractivity contribution in [2.75, 3.05) is 24.7 Å². The van der Waals surface area contributed by atoms with Crippen molar-refractivity contribution in [1.82, 2.24) is 0 Å². The topological polar surface area (TPSA) is 83.8 Å². The molecule has 0 aliphatic carbocycles. The molecule has 0 atom stereocenters. The number of aliphatic carboxylic acids is 1. The molecule has 2 N–H and O–H groups in total. The average Bonchev–Trinajstić information content (AvgIpc) is 3.05. The third kappa shape index (κ3) is 140. The molecule has 0 aromatic heterocycles. The maximum Gasteiger partial charge on any atom is 0.306 e. The molecule has 47 heavy (non-hydrogen) atoms. The van der Waals surface area contributed by atoms with Gasteiger partial charge in [-0.1, -0.05) is 185 Å². The summed E-state index contributed by atoms with van der Waals surface area (Å²) in [5.74, 6) is 0.101. The van der Waals surface area contributed by atoms with E-state index < -0.39 is 5.97 Å². The summed E-state index contributed by atoms with van der Waals surface area (Å²) in [7, 11) is 0. The van der Waals surface area contributed by atoms with E-state index in [0.29, 0.717) is 31.1 Å². The first-order chi connectivity index (χ1) is 21.6. The van der Waals surface area contributed by atoms with Crippen LogP contribution in [0, 0.1) is 0 Å². The van der Waals surface area contributed by atoms with Gasteiger partial charge in [0.1, 0.15) is 0 Å². The number of hydrogen-bond acceptors (Lipinski definition) is 6. The van der Waals surface area contributed by atoms with Crippen LogP contribution in [-0.4, -0.2) is 94.7 Å². The van der Waals surface area contributed by atoms with Crippen LogP contribution >= 0.6 is 25.3 Å². The van der Waals surface area contributed by atoms with Crippen molar-refractivity contribution in [1.29, 1.82) is 0 Å². The molecule has 0 aliphatic heterocycles. The summed E-state index contributed by atoms with van der Waals surface area (Å²) in [4.78, 5) is 20.5. The molecule has 0 unspecified atom stereocenters. The number of hydrogen-bond donors (Lipinski definition) is 4. The van der Waals surface area contributed by atoms with Gasteiger partial charge in [0.2, 0.25) is 0 Å². The van der Waals surface area contributed by atoms with E-state index in [4.69, 9.17) is 14.9 Å². The zero-order valence-corrected chi connectivity index (χ0v) is 40.9. The van der Waals surface area contributed by atoms with E-state index >= 15 is 0 Å². The van der Waals surface area contributed by atoms with Gasteiger partial charge in [0, 0.05) is 65.9 Å². The van der Waals surface area contributed by atoms with Gasteiger partial charge >= 0.3 is 11.9 Å². The van der Waals surface area contributed by atoms with Gasteiger partial charge in [0.15, 0.2) is 0 Å². The molecule has 288 valence electrons. The van der Waals surface area contributed by atoms with Crippen LogP contribution in [0.4, 0.5) is 0 Å². The van der Waals surface area contributed by atoms with Crippen molar-refractivity contribution >= 4 is 85.0 Å². The Kier molecular flexibility index (Phi) is 128. The monoisotopic (exact) mass is 926 g/mol. The van der Waals surface area contributed by atoms with E-state index in [1.165, 1.54) is 116 Å². The maximum atomic E-state index is 10.9. The number of esters is 1. The molecule has 0 saturated carbocycles. The Bertz CT molecular complexity index is 420. The molecule has 0 fully saturated rings. The van der Waals surface area contributed by atoms with Crippen LogP contribution in [0.15, 0.2) is 0 Å². The minimum atomic E-state index is -0.787. The van der Waals surface area contributed by atoms with Crippen molar-refractivity contribution in [3.8, 4) is 0 Å². The van der Waals surface area contributed by atoms with Crippen LogP contribution in [0.1, 0.15) is 210 Å². The molecule has 0 amide bonds. The Balaban J connectivity index is -0.0000000546. The first kappa shape index (κ1) is 69.9. The number of aliphatic hydroxyl groups excluding tert-OH is 1. The second-order valence-electron chi connectivity index (χ2n) is 10.8. The first-order valence-electron chi connectivity index (χ1n) is 18.9. The number of unbranched alkanes of at least 4 members (excludes halogenated alkanes) is 14. The Morgan fingerprint density at radius 2 is 0.766 bits per heavy atom. The van der Waals surface area contributed by atoms with Gasteiger partial charge in [-0.15, -0.1) is 0 Å². The predicted octanol–water partition coefficient (Wildman–Crippen LogP) is 12.4. The van der Waals surface area contributed by atoms with Crippen LogP contribution < -0.4 is 0 Å². The second-order valence-corrected chi connectivity index (χ2v) is 11.7. The molecule has 0 heterocycles. The van der Waals surface area contributed by atoms with E-state index in [-0.39, 0.29) is 60.2 Å². The number of ether oxygens (including phenoxy) is 1. The minimum absolute atomic E-state index is 0. The smallest absolute Gasteiger partial charge is 0.306 e. The molecule has 0 spiro atoms. The largest absolute Gasteiger partial charge is 0.481 e. The average molecular weight is 925 g/mol. The number of carboxylic acids is 1. The van der Waals surface area contributed by atoms with Crippen molar-refractivity contribution < 1.29 is 24.5 Å². The van der Waals surface area contributed by atoms with Gasteiger partial charge in [-0.25, -0.2) is 0 Å². The van der Waals surface area contributed by atoms with Gasteiger partial charge in [-0.3, -0.25) is 9.59 Å². The van der Waals surface area contributed by atoms with Gasteiger partial charge in [0.05, 0.1) is 19.4 Å². The number of carbonyl (C=O) groups excluding carboxylic acids is 1. The normalized spacial score (nSPS) is 8.53. The molecule has 0 aromatic carbocycles. The van der Waals surface area contributed by atoms with Crippen LogP contribution in [0.2, 0.25) is 0 Å². The minimum Gasteiger partial charge on any atom is -0.481 e. The predicted molar refractivity (Wildman–Crippen MR) is 223 cm³/mol. The van der Waals surface area contributed by atoms with Gasteiger partial charge in [-0.05, 0) is 12.8 Å². The van der Waals surface area contributed by atoms with Crippen molar-refractivity contribution in [3.63, 3.8) is 0 Å². The van der Waals surface area contributed by atoms with Crippen molar-refractivity contribution in [2.24, 2.45) is 0 Å². The fraction of sp³-hybridized carbons (Fsp3) is 0.947. The second kappa shape index (κ2) is 86.1. The van der Waals surface area contributed by atoms with Crippen molar-refractivity contribution in [3.05, 3.63) is 0 Å². The molecule has 5 nitrogen and oxygen atoms in total. The van der Waals surface area contributed by atoms with Crippen molar-refractivity contribution in [2.45, 2.75) is 210 Å². The molecular weight excluding hydrogens is 838 g/mol. The number of aliphatic hydroxyl groups is 1. The summed E-state index contributed by atoms with van der Waals surface area (Å²) in [5.41, 5.74) is 0. The van der Waals surface area contributed by atoms with Gasteiger partial charge < -0.3 is 14.9 Å². The summed E-state index contributed by atoms with van der Waals surface area (Å²) >= 11 is 7.64. The Morgan fingerprint density at radius 1 is 0.468 bits per heavy atom. The van der Waals surface area contributed by atoms with Crippen LogP contribution in [0.3, 0.4) is 0 Å². The van der Waals surface area contributed by atoms with E-state index in [0.717, 1.165) is 12.8 Å². The number of thiol groups is 2. The number of carboxylic acid groups (broad SMARTS) is 1. The first-order valence-corrected chi connectivity index (χ1v) is 20.1. The standard InChI is InChI=1S/C11H22O2S.C8H18O.4C4H10.C3H6O2S.2Sn/c1-2-3-4-5-6-7-9-13-11(12)8-10-14;1-2-3-4-5-6-7-8-9;4*1-3-4-2;4-3(5)1-2-6;;/h14H,2-10H2,1H3;9H,2-8H2,1H3;4*3-4H2,1-2H3;6H,1-2H2,(H,4,5);;. The fourth-order valence-electron chi connectivity index (χ4n) is 2.22. The van der Waals surface area contributed by atoms with Crippen LogP contribution in [0.25, 0.3) is 0 Å². The van der Waals surface area contributed by atoms with Gasteiger partial charge in [0.25, 0.3) is 0 Å². The van der Waals surface area contributed by atoms with E-state index in [1.54, 1.807) is 0 Å². The third-order valence-corrected chi connectivity index (χ3v) is 6.36. The molecule has 0 saturated heterocycles. The summed E-state index contributed by atoms with van der Waals surface area (Å²) in [5, 5.41) is 16.3. The maximum absolute atomic E-state index is 10.9. The number of carbonyl (C=O) groups is 2. The number of rotatable bonds is 21. The summed E-state index contributed by atoms with van der Waals surface area (Å²) in [6.07, 6.45) is 26.0.